The number of rotatable bonds is 5. The van der Waals surface area contributed by atoms with Crippen molar-refractivity contribution in [3.05, 3.63) is 47.8 Å². The van der Waals surface area contributed by atoms with E-state index in [4.69, 9.17) is 15.7 Å². The molecule has 2 aromatic rings. The van der Waals surface area contributed by atoms with Crippen molar-refractivity contribution in [2.75, 3.05) is 7.11 Å². The van der Waals surface area contributed by atoms with Gasteiger partial charge in [-0.1, -0.05) is 16.9 Å². The highest BCUT2D eigenvalue weighted by atomic mass is 32.2. The first-order valence-electron chi connectivity index (χ1n) is 5.79. The lowest BCUT2D eigenvalue weighted by atomic mass is 10.1. The zero-order chi connectivity index (χ0) is 14.4. The molecule has 0 radical (unpaired) electrons. The van der Waals surface area contributed by atoms with E-state index in [0.29, 0.717) is 16.5 Å². The van der Waals surface area contributed by atoms with E-state index in [2.05, 4.69) is 15.1 Å². The molecule has 0 saturated carbocycles. The predicted molar refractivity (Wildman–Crippen MR) is 77.1 cm³/mol. The Labute approximate surface area is 120 Å². The maximum Gasteiger partial charge on any atom is 0.187 e. The number of hydrogen-bond acceptors (Lipinski definition) is 6. The van der Waals surface area contributed by atoms with Crippen molar-refractivity contribution >= 4 is 17.6 Å². The molecule has 0 amide bonds. The summed E-state index contributed by atoms with van der Waals surface area (Å²) in [5.74, 6) is 1.43. The Morgan fingerprint density at radius 1 is 1.40 bits per heavy atom. The fourth-order valence-electron chi connectivity index (χ4n) is 1.61. The van der Waals surface area contributed by atoms with Crippen LogP contribution in [-0.4, -0.2) is 28.1 Å². The fraction of sp³-hybridized carbons (Fsp3) is 0.154. The number of aromatic nitrogens is 2. The van der Waals surface area contributed by atoms with Crippen molar-refractivity contribution in [2.45, 2.75) is 10.9 Å². The van der Waals surface area contributed by atoms with Gasteiger partial charge in [-0.05, 0) is 24.3 Å². The molecule has 0 atom stereocenters. The molecule has 0 aliphatic carbocycles. The molecule has 104 valence electrons. The SMILES string of the molecule is COc1ccc(/C(N)=N/O)cc1CSc1ncccn1. The van der Waals surface area contributed by atoms with Crippen LogP contribution in [0.2, 0.25) is 0 Å². The molecule has 6 nitrogen and oxygen atoms in total. The van der Waals surface area contributed by atoms with Gasteiger partial charge in [-0.2, -0.15) is 0 Å². The Morgan fingerprint density at radius 3 is 2.80 bits per heavy atom. The molecule has 20 heavy (non-hydrogen) atoms. The van der Waals surface area contributed by atoms with Gasteiger partial charge < -0.3 is 15.7 Å². The summed E-state index contributed by atoms with van der Waals surface area (Å²) >= 11 is 1.49. The minimum absolute atomic E-state index is 0.0647. The van der Waals surface area contributed by atoms with Gasteiger partial charge in [0, 0.05) is 29.3 Å². The molecule has 0 spiro atoms. The monoisotopic (exact) mass is 290 g/mol. The first-order valence-corrected chi connectivity index (χ1v) is 6.77. The predicted octanol–water partition coefficient (Wildman–Crippen LogP) is 1.87. The van der Waals surface area contributed by atoms with E-state index >= 15 is 0 Å². The van der Waals surface area contributed by atoms with Crippen molar-refractivity contribution in [1.29, 1.82) is 0 Å². The number of thioether (sulfide) groups is 1. The van der Waals surface area contributed by atoms with Crippen LogP contribution in [0.3, 0.4) is 0 Å². The van der Waals surface area contributed by atoms with Crippen LogP contribution in [0.4, 0.5) is 0 Å². The Morgan fingerprint density at radius 2 is 2.15 bits per heavy atom. The second kappa shape index (κ2) is 6.76. The van der Waals surface area contributed by atoms with Gasteiger partial charge in [0.15, 0.2) is 11.0 Å². The molecule has 0 unspecified atom stereocenters. The minimum Gasteiger partial charge on any atom is -0.496 e. The minimum atomic E-state index is 0.0647. The zero-order valence-corrected chi connectivity index (χ0v) is 11.7. The highest BCUT2D eigenvalue weighted by Gasteiger charge is 2.08. The first-order chi connectivity index (χ1) is 9.74. The summed E-state index contributed by atoms with van der Waals surface area (Å²) in [6.45, 7) is 0. The summed E-state index contributed by atoms with van der Waals surface area (Å²) in [5.41, 5.74) is 7.15. The Balaban J connectivity index is 2.20. The first kappa shape index (κ1) is 14.1. The molecule has 0 bridgehead atoms. The van der Waals surface area contributed by atoms with Crippen molar-refractivity contribution < 1.29 is 9.94 Å². The third-order valence-electron chi connectivity index (χ3n) is 2.58. The van der Waals surface area contributed by atoms with E-state index in [1.165, 1.54) is 11.8 Å². The topological polar surface area (TPSA) is 93.6 Å². The van der Waals surface area contributed by atoms with Crippen LogP contribution in [-0.2, 0) is 5.75 Å². The maximum atomic E-state index is 8.72. The van der Waals surface area contributed by atoms with Crippen molar-refractivity contribution in [2.24, 2.45) is 10.9 Å². The summed E-state index contributed by atoms with van der Waals surface area (Å²) < 4.78 is 5.30. The van der Waals surface area contributed by atoms with Crippen molar-refractivity contribution in [3.63, 3.8) is 0 Å². The van der Waals surface area contributed by atoms with Crippen LogP contribution in [0.5, 0.6) is 5.75 Å². The van der Waals surface area contributed by atoms with Gasteiger partial charge in [-0.15, -0.1) is 0 Å². The Bertz CT molecular complexity index is 605. The molecule has 1 aromatic carbocycles. The number of benzene rings is 1. The molecule has 0 aliphatic heterocycles. The van der Waals surface area contributed by atoms with Gasteiger partial charge in [-0.3, -0.25) is 0 Å². The largest absolute Gasteiger partial charge is 0.496 e. The number of amidine groups is 1. The molecular formula is C13H14N4O2S. The number of nitrogens with zero attached hydrogens (tertiary/aromatic N) is 3. The smallest absolute Gasteiger partial charge is 0.187 e. The van der Waals surface area contributed by atoms with E-state index in [9.17, 15) is 0 Å². The normalized spacial score (nSPS) is 11.3. The van der Waals surface area contributed by atoms with Crippen LogP contribution in [0.25, 0.3) is 0 Å². The average Bonchev–Trinajstić information content (AvgIpc) is 2.52. The van der Waals surface area contributed by atoms with E-state index in [1.807, 2.05) is 6.07 Å². The molecule has 7 heteroatoms. The molecule has 1 heterocycles. The Kier molecular flexibility index (Phi) is 4.78. The fourth-order valence-corrected chi connectivity index (χ4v) is 2.39. The van der Waals surface area contributed by atoms with Crippen LogP contribution in [0, 0.1) is 0 Å². The summed E-state index contributed by atoms with van der Waals surface area (Å²) in [7, 11) is 1.60. The molecule has 3 N–H and O–H groups in total. The second-order valence-corrected chi connectivity index (χ2v) is 4.77. The van der Waals surface area contributed by atoms with Gasteiger partial charge >= 0.3 is 0 Å². The highest BCUT2D eigenvalue weighted by Crippen LogP contribution is 2.26. The standard InChI is InChI=1S/C13H14N4O2S/c1-19-11-4-3-9(12(14)17-18)7-10(11)8-20-13-15-5-2-6-16-13/h2-7,18H,8H2,1H3,(H2,14,17). The third kappa shape index (κ3) is 3.39. The number of hydrogen-bond donors (Lipinski definition) is 2. The molecular weight excluding hydrogens is 276 g/mol. The lowest BCUT2D eigenvalue weighted by Crippen LogP contribution is -2.13. The highest BCUT2D eigenvalue weighted by molar-refractivity contribution is 7.98. The number of oxime groups is 1. The van der Waals surface area contributed by atoms with Crippen LogP contribution < -0.4 is 10.5 Å². The molecule has 1 aromatic heterocycles. The second-order valence-electron chi connectivity index (χ2n) is 3.83. The van der Waals surface area contributed by atoms with Gasteiger partial charge in [0.25, 0.3) is 0 Å². The lowest BCUT2D eigenvalue weighted by molar-refractivity contribution is 0.318. The molecule has 0 fully saturated rings. The zero-order valence-electron chi connectivity index (χ0n) is 10.9. The lowest BCUT2D eigenvalue weighted by Gasteiger charge is -2.09. The van der Waals surface area contributed by atoms with Crippen LogP contribution >= 0.6 is 11.8 Å². The van der Waals surface area contributed by atoms with E-state index in [0.717, 1.165) is 11.3 Å². The molecule has 0 aliphatic rings. The summed E-state index contributed by atoms with van der Waals surface area (Å²) in [6.07, 6.45) is 3.39. The van der Waals surface area contributed by atoms with Crippen molar-refractivity contribution in [3.8, 4) is 5.75 Å². The third-order valence-corrected chi connectivity index (χ3v) is 3.51. The van der Waals surface area contributed by atoms with E-state index < -0.39 is 0 Å². The van der Waals surface area contributed by atoms with Gasteiger partial charge in [0.2, 0.25) is 0 Å². The summed E-state index contributed by atoms with van der Waals surface area (Å²) in [4.78, 5) is 8.29. The number of ether oxygens (including phenoxy) is 1. The maximum absolute atomic E-state index is 8.72. The average molecular weight is 290 g/mol. The summed E-state index contributed by atoms with van der Waals surface area (Å²) in [5, 5.41) is 12.4. The summed E-state index contributed by atoms with van der Waals surface area (Å²) in [6, 6.07) is 7.11. The van der Waals surface area contributed by atoms with Gasteiger partial charge in [-0.25, -0.2) is 9.97 Å². The molecule has 2 rings (SSSR count). The van der Waals surface area contributed by atoms with E-state index in [1.54, 1.807) is 37.7 Å². The van der Waals surface area contributed by atoms with Gasteiger partial charge in [0.1, 0.15) is 5.75 Å². The number of methoxy groups -OCH3 is 1. The van der Waals surface area contributed by atoms with Crippen LogP contribution in [0.15, 0.2) is 47.0 Å². The Hall–Kier alpha value is -2.28. The van der Waals surface area contributed by atoms with Crippen molar-refractivity contribution in [1.82, 2.24) is 9.97 Å². The molecule has 0 saturated heterocycles. The van der Waals surface area contributed by atoms with E-state index in [-0.39, 0.29) is 5.84 Å². The van der Waals surface area contributed by atoms with Crippen LogP contribution in [0.1, 0.15) is 11.1 Å². The van der Waals surface area contributed by atoms with Gasteiger partial charge in [0.05, 0.1) is 7.11 Å². The number of nitrogens with two attached hydrogens (primary N) is 1. The quantitative estimate of drug-likeness (QED) is 0.218.